The summed E-state index contributed by atoms with van der Waals surface area (Å²) in [6.45, 7) is 0.321. The molecule has 0 bridgehead atoms. The lowest BCUT2D eigenvalue weighted by atomic mass is 9.90. The van der Waals surface area contributed by atoms with Crippen molar-refractivity contribution in [3.05, 3.63) is 45.6 Å². The lowest BCUT2D eigenvalue weighted by Gasteiger charge is -2.20. The van der Waals surface area contributed by atoms with Gasteiger partial charge in [-0.05, 0) is 37.0 Å². The lowest BCUT2D eigenvalue weighted by Crippen LogP contribution is -2.17. The van der Waals surface area contributed by atoms with Crippen LogP contribution in [0.5, 0.6) is 5.88 Å². The number of aromatic nitrogens is 2. The molecule has 0 N–H and O–H groups in total. The van der Waals surface area contributed by atoms with E-state index in [9.17, 15) is 13.2 Å². The van der Waals surface area contributed by atoms with Gasteiger partial charge in [0, 0.05) is 23.7 Å². The summed E-state index contributed by atoms with van der Waals surface area (Å²) in [6.07, 6.45) is 1.23. The second-order valence-electron chi connectivity index (χ2n) is 7.24. The van der Waals surface area contributed by atoms with E-state index in [1.165, 1.54) is 26.3 Å². The smallest absolute Gasteiger partial charge is 0.435 e. The van der Waals surface area contributed by atoms with E-state index in [-0.39, 0.29) is 12.5 Å². The van der Waals surface area contributed by atoms with Crippen molar-refractivity contribution in [1.82, 2.24) is 9.78 Å². The largest absolute Gasteiger partial charge is 0.471 e. The molecule has 1 fully saturated rings. The number of hydrogen-bond donors (Lipinski definition) is 0. The topological polar surface area (TPSA) is 48.6 Å². The number of halogens is 5. The van der Waals surface area contributed by atoms with Crippen LogP contribution in [0.4, 0.5) is 13.2 Å². The van der Waals surface area contributed by atoms with Gasteiger partial charge in [0.1, 0.15) is 18.9 Å². The SMILES string of the molecule is Cn1nc(C(F)(F)F)cc1OC/C(=N\OCC1CCCCC1)c1ccc(Cl)cc1Cl. The second-order valence-corrected chi connectivity index (χ2v) is 8.08. The van der Waals surface area contributed by atoms with E-state index in [1.54, 1.807) is 18.2 Å². The molecule has 5 nitrogen and oxygen atoms in total. The van der Waals surface area contributed by atoms with E-state index < -0.39 is 11.9 Å². The van der Waals surface area contributed by atoms with E-state index >= 15 is 0 Å². The van der Waals surface area contributed by atoms with Crippen LogP contribution in [0, 0.1) is 5.92 Å². The molecule has 0 radical (unpaired) electrons. The second kappa shape index (κ2) is 9.92. The van der Waals surface area contributed by atoms with E-state index in [4.69, 9.17) is 32.8 Å². The summed E-state index contributed by atoms with van der Waals surface area (Å²) in [6, 6.07) is 5.71. The van der Waals surface area contributed by atoms with Gasteiger partial charge in [-0.3, -0.25) is 0 Å². The van der Waals surface area contributed by atoms with Crippen LogP contribution in [-0.2, 0) is 18.1 Å². The summed E-state index contributed by atoms with van der Waals surface area (Å²) in [4.78, 5) is 5.57. The number of alkyl halides is 3. The molecule has 3 rings (SSSR count). The van der Waals surface area contributed by atoms with E-state index in [1.807, 2.05) is 0 Å². The van der Waals surface area contributed by atoms with Gasteiger partial charge in [-0.2, -0.15) is 18.3 Å². The van der Waals surface area contributed by atoms with Gasteiger partial charge in [0.15, 0.2) is 5.69 Å². The van der Waals surface area contributed by atoms with Crippen LogP contribution in [0.25, 0.3) is 0 Å². The Morgan fingerprint density at radius 1 is 1.20 bits per heavy atom. The standard InChI is InChI=1S/C20H22Cl2F3N3O2/c1-28-19(10-18(26-28)20(23,24)25)29-12-17(15-8-7-14(21)9-16(15)22)27-30-11-13-5-3-2-4-6-13/h7-10,13H,2-6,11-12H2,1H3/b27-17+. The van der Waals surface area contributed by atoms with E-state index in [0.29, 0.717) is 33.8 Å². The lowest BCUT2D eigenvalue weighted by molar-refractivity contribution is -0.141. The fourth-order valence-electron chi connectivity index (χ4n) is 3.32. The van der Waals surface area contributed by atoms with Crippen LogP contribution in [0.1, 0.15) is 43.4 Å². The molecule has 1 saturated carbocycles. The van der Waals surface area contributed by atoms with Crippen molar-refractivity contribution >= 4 is 28.9 Å². The molecule has 1 aliphatic carbocycles. The molecule has 1 aromatic carbocycles. The summed E-state index contributed by atoms with van der Waals surface area (Å²) in [7, 11) is 1.37. The number of oxime groups is 1. The molecule has 164 valence electrons. The molecule has 0 aliphatic heterocycles. The maximum atomic E-state index is 12.9. The van der Waals surface area contributed by atoms with Crippen molar-refractivity contribution in [2.45, 2.75) is 38.3 Å². The van der Waals surface area contributed by atoms with Crippen LogP contribution in [-0.4, -0.2) is 28.7 Å². The van der Waals surface area contributed by atoms with Crippen molar-refractivity contribution in [2.75, 3.05) is 13.2 Å². The van der Waals surface area contributed by atoms with Crippen LogP contribution >= 0.6 is 23.2 Å². The van der Waals surface area contributed by atoms with Crippen LogP contribution in [0.2, 0.25) is 10.0 Å². The highest BCUT2D eigenvalue weighted by Crippen LogP contribution is 2.30. The highest BCUT2D eigenvalue weighted by Gasteiger charge is 2.35. The molecule has 0 saturated heterocycles. The molecule has 1 aromatic heterocycles. The molecule has 0 spiro atoms. The quantitative estimate of drug-likeness (QED) is 0.366. The van der Waals surface area contributed by atoms with Crippen molar-refractivity contribution in [2.24, 2.45) is 18.1 Å². The van der Waals surface area contributed by atoms with Crippen LogP contribution in [0.3, 0.4) is 0 Å². The van der Waals surface area contributed by atoms with Gasteiger partial charge >= 0.3 is 6.18 Å². The molecule has 0 atom stereocenters. The fraction of sp³-hybridized carbons (Fsp3) is 0.500. The molecule has 1 heterocycles. The predicted octanol–water partition coefficient (Wildman–Crippen LogP) is 6.13. The zero-order valence-corrected chi connectivity index (χ0v) is 17.9. The molecule has 1 aliphatic rings. The highest BCUT2D eigenvalue weighted by atomic mass is 35.5. The van der Waals surface area contributed by atoms with Gasteiger partial charge in [-0.25, -0.2) is 4.68 Å². The van der Waals surface area contributed by atoms with Gasteiger partial charge in [-0.15, -0.1) is 0 Å². The summed E-state index contributed by atoms with van der Waals surface area (Å²) >= 11 is 12.2. The number of aryl methyl sites for hydroxylation is 1. The maximum absolute atomic E-state index is 12.9. The van der Waals surface area contributed by atoms with Gasteiger partial charge in [0.2, 0.25) is 5.88 Å². The first kappa shape index (κ1) is 22.7. The van der Waals surface area contributed by atoms with Crippen molar-refractivity contribution in [3.8, 4) is 5.88 Å². The average Bonchev–Trinajstić information content (AvgIpc) is 3.07. The summed E-state index contributed by atoms with van der Waals surface area (Å²) in [5, 5.41) is 8.42. The molecule has 30 heavy (non-hydrogen) atoms. The van der Waals surface area contributed by atoms with E-state index in [2.05, 4.69) is 10.3 Å². The Labute approximate surface area is 182 Å². The number of nitrogens with zero attached hydrogens (tertiary/aromatic N) is 3. The number of benzene rings is 1. The molecular weight excluding hydrogens is 442 g/mol. The normalized spacial score (nSPS) is 16.0. The minimum absolute atomic E-state index is 0.0487. The first-order chi connectivity index (χ1) is 14.2. The van der Waals surface area contributed by atoms with Gasteiger partial charge < -0.3 is 9.57 Å². The first-order valence-electron chi connectivity index (χ1n) is 9.62. The molecule has 0 unspecified atom stereocenters. The van der Waals surface area contributed by atoms with E-state index in [0.717, 1.165) is 23.6 Å². The summed E-state index contributed by atoms with van der Waals surface area (Å²) < 4.78 is 45.2. The van der Waals surface area contributed by atoms with Crippen LogP contribution in [0.15, 0.2) is 29.4 Å². The molecule has 10 heteroatoms. The minimum atomic E-state index is -4.56. The Morgan fingerprint density at radius 3 is 2.57 bits per heavy atom. The average molecular weight is 464 g/mol. The molecule has 2 aromatic rings. The van der Waals surface area contributed by atoms with Crippen LogP contribution < -0.4 is 4.74 Å². The zero-order valence-electron chi connectivity index (χ0n) is 16.4. The van der Waals surface area contributed by atoms with Crippen molar-refractivity contribution in [3.63, 3.8) is 0 Å². The monoisotopic (exact) mass is 463 g/mol. The summed E-state index contributed by atoms with van der Waals surface area (Å²) in [5.41, 5.74) is -0.151. The maximum Gasteiger partial charge on any atom is 0.435 e. The Kier molecular flexibility index (Phi) is 7.52. The Bertz CT molecular complexity index is 894. The first-order valence-corrected chi connectivity index (χ1v) is 10.4. The van der Waals surface area contributed by atoms with Gasteiger partial charge in [-0.1, -0.05) is 47.6 Å². The van der Waals surface area contributed by atoms with Gasteiger partial charge in [0.05, 0.1) is 5.02 Å². The summed E-state index contributed by atoms with van der Waals surface area (Å²) in [5.74, 6) is 0.393. The fourth-order valence-corrected chi connectivity index (χ4v) is 3.83. The minimum Gasteiger partial charge on any atom is -0.471 e. The predicted molar refractivity (Wildman–Crippen MR) is 109 cm³/mol. The number of rotatable bonds is 7. The zero-order chi connectivity index (χ0) is 21.7. The third-order valence-electron chi connectivity index (χ3n) is 4.94. The van der Waals surface area contributed by atoms with Crippen molar-refractivity contribution < 1.29 is 22.7 Å². The number of ether oxygens (including phenoxy) is 1. The third kappa shape index (κ3) is 6.04. The highest BCUT2D eigenvalue weighted by molar-refractivity contribution is 6.37. The Morgan fingerprint density at radius 2 is 1.93 bits per heavy atom. The molecular formula is C20H22Cl2F3N3O2. The van der Waals surface area contributed by atoms with Gasteiger partial charge in [0.25, 0.3) is 0 Å². The van der Waals surface area contributed by atoms with Crippen molar-refractivity contribution in [1.29, 1.82) is 0 Å². The molecule has 0 amide bonds. The number of hydrogen-bond acceptors (Lipinski definition) is 4. The third-order valence-corrected chi connectivity index (χ3v) is 5.48. The Hall–Kier alpha value is -1.93. The Balaban J connectivity index is 1.75.